The minimum absolute atomic E-state index is 0.533. The zero-order valence-electron chi connectivity index (χ0n) is 14.7. The van der Waals surface area contributed by atoms with Crippen LogP contribution in [0.25, 0.3) is 34.3 Å². The lowest BCUT2D eigenvalue weighted by atomic mass is 9.98. The number of hydrogen-bond acceptors (Lipinski definition) is 3. The first-order valence-electron chi connectivity index (χ1n) is 8.67. The standard InChI is InChI=1S/C22H17F2N3O/c23-17-8-5-13(11-18(17)24)6-10-21-26-19-9-7-14(12-20(19)27-21)15-3-1-2-4-16(15)22(25)28/h1-12,22,28H,25H2,(H,26,27)/b10-6+. The van der Waals surface area contributed by atoms with E-state index in [4.69, 9.17) is 5.73 Å². The Balaban J connectivity index is 1.67. The van der Waals surface area contributed by atoms with Crippen LogP contribution < -0.4 is 5.73 Å². The molecule has 4 N–H and O–H groups in total. The molecule has 0 fully saturated rings. The van der Waals surface area contributed by atoms with Gasteiger partial charge in [-0.3, -0.25) is 0 Å². The Hall–Kier alpha value is -3.35. The molecular formula is C22H17F2N3O. The Morgan fingerprint density at radius 3 is 2.57 bits per heavy atom. The van der Waals surface area contributed by atoms with Crippen molar-refractivity contribution >= 4 is 23.2 Å². The summed E-state index contributed by atoms with van der Waals surface area (Å²) >= 11 is 0. The number of nitrogens with two attached hydrogens (primary N) is 1. The lowest BCUT2D eigenvalue weighted by Gasteiger charge is -2.11. The van der Waals surface area contributed by atoms with E-state index in [1.807, 2.05) is 36.4 Å². The highest BCUT2D eigenvalue weighted by atomic mass is 19.2. The van der Waals surface area contributed by atoms with Gasteiger partial charge in [-0.1, -0.05) is 42.5 Å². The fourth-order valence-corrected chi connectivity index (χ4v) is 3.08. The van der Waals surface area contributed by atoms with Crippen molar-refractivity contribution < 1.29 is 13.9 Å². The highest BCUT2D eigenvalue weighted by Gasteiger charge is 2.11. The van der Waals surface area contributed by atoms with Crippen molar-refractivity contribution in [2.75, 3.05) is 0 Å². The van der Waals surface area contributed by atoms with E-state index in [1.54, 1.807) is 18.2 Å². The molecule has 140 valence electrons. The molecule has 4 rings (SSSR count). The number of hydrogen-bond donors (Lipinski definition) is 3. The van der Waals surface area contributed by atoms with Crippen LogP contribution in [0.1, 0.15) is 23.2 Å². The largest absolute Gasteiger partial charge is 0.375 e. The maximum Gasteiger partial charge on any atom is 0.159 e. The molecule has 0 aliphatic heterocycles. The Bertz CT molecular complexity index is 1180. The summed E-state index contributed by atoms with van der Waals surface area (Å²) in [4.78, 5) is 7.67. The molecule has 0 spiro atoms. The molecular weight excluding hydrogens is 360 g/mol. The Labute approximate surface area is 160 Å². The number of H-pyrrole nitrogens is 1. The number of nitrogens with one attached hydrogen (secondary N) is 1. The third-order valence-corrected chi connectivity index (χ3v) is 4.47. The fraction of sp³-hybridized carbons (Fsp3) is 0.0455. The molecule has 28 heavy (non-hydrogen) atoms. The molecule has 3 aromatic carbocycles. The van der Waals surface area contributed by atoms with Gasteiger partial charge >= 0.3 is 0 Å². The van der Waals surface area contributed by atoms with Crippen molar-refractivity contribution in [1.29, 1.82) is 0 Å². The van der Waals surface area contributed by atoms with Crippen LogP contribution >= 0.6 is 0 Å². The normalized spacial score (nSPS) is 12.7. The van der Waals surface area contributed by atoms with Crippen molar-refractivity contribution in [3.63, 3.8) is 0 Å². The van der Waals surface area contributed by atoms with Crippen LogP contribution in [0.5, 0.6) is 0 Å². The van der Waals surface area contributed by atoms with Crippen molar-refractivity contribution in [2.45, 2.75) is 6.23 Å². The number of aliphatic hydroxyl groups excluding tert-OH is 1. The maximum atomic E-state index is 13.3. The van der Waals surface area contributed by atoms with Crippen molar-refractivity contribution in [3.8, 4) is 11.1 Å². The molecule has 1 atom stereocenters. The van der Waals surface area contributed by atoms with E-state index in [9.17, 15) is 13.9 Å². The average Bonchev–Trinajstić information content (AvgIpc) is 3.11. The van der Waals surface area contributed by atoms with E-state index in [-0.39, 0.29) is 0 Å². The smallest absolute Gasteiger partial charge is 0.159 e. The van der Waals surface area contributed by atoms with Gasteiger partial charge in [0, 0.05) is 5.56 Å². The van der Waals surface area contributed by atoms with Gasteiger partial charge in [0.25, 0.3) is 0 Å². The van der Waals surface area contributed by atoms with Crippen LogP contribution in [0.2, 0.25) is 0 Å². The molecule has 0 saturated carbocycles. The number of aromatic amines is 1. The van der Waals surface area contributed by atoms with Crippen LogP contribution in [0.4, 0.5) is 8.78 Å². The van der Waals surface area contributed by atoms with Crippen LogP contribution in [-0.4, -0.2) is 15.1 Å². The molecule has 0 bridgehead atoms. The SMILES string of the molecule is NC(O)c1ccccc1-c1ccc2nc(/C=C/c3ccc(F)c(F)c3)[nH]c2c1. The van der Waals surface area contributed by atoms with Gasteiger partial charge in [-0.25, -0.2) is 13.8 Å². The third-order valence-electron chi connectivity index (χ3n) is 4.47. The number of aliphatic hydroxyl groups is 1. The molecule has 0 radical (unpaired) electrons. The van der Waals surface area contributed by atoms with Crippen LogP contribution in [0.3, 0.4) is 0 Å². The highest BCUT2D eigenvalue weighted by molar-refractivity contribution is 5.84. The van der Waals surface area contributed by atoms with Crippen LogP contribution in [-0.2, 0) is 0 Å². The first-order valence-corrected chi connectivity index (χ1v) is 8.67. The minimum atomic E-state index is -1.07. The maximum absolute atomic E-state index is 13.3. The highest BCUT2D eigenvalue weighted by Crippen LogP contribution is 2.29. The van der Waals surface area contributed by atoms with Gasteiger partial charge in [-0.2, -0.15) is 0 Å². The molecule has 4 aromatic rings. The second kappa shape index (κ2) is 7.34. The number of benzene rings is 3. The Kier molecular flexibility index (Phi) is 4.73. The fourth-order valence-electron chi connectivity index (χ4n) is 3.08. The van der Waals surface area contributed by atoms with Gasteiger partial charge in [-0.15, -0.1) is 0 Å². The number of rotatable bonds is 4. The summed E-state index contributed by atoms with van der Waals surface area (Å²) in [7, 11) is 0. The topological polar surface area (TPSA) is 74.9 Å². The monoisotopic (exact) mass is 377 g/mol. The quantitative estimate of drug-likeness (QED) is 0.454. The summed E-state index contributed by atoms with van der Waals surface area (Å²) in [6.45, 7) is 0. The number of fused-ring (bicyclic) bond motifs is 1. The molecule has 0 aliphatic carbocycles. The van der Waals surface area contributed by atoms with Gasteiger partial charge in [0.1, 0.15) is 12.1 Å². The molecule has 6 heteroatoms. The molecule has 0 aliphatic rings. The van der Waals surface area contributed by atoms with Gasteiger partial charge in [0.15, 0.2) is 11.6 Å². The van der Waals surface area contributed by atoms with E-state index in [2.05, 4.69) is 9.97 Å². The second-order valence-electron chi connectivity index (χ2n) is 6.39. The van der Waals surface area contributed by atoms with Crippen molar-refractivity contribution in [1.82, 2.24) is 9.97 Å². The summed E-state index contributed by atoms with van der Waals surface area (Å²) in [6.07, 6.45) is 2.29. The summed E-state index contributed by atoms with van der Waals surface area (Å²) in [6, 6.07) is 16.8. The predicted molar refractivity (Wildman–Crippen MR) is 106 cm³/mol. The van der Waals surface area contributed by atoms with E-state index >= 15 is 0 Å². The molecule has 1 heterocycles. The zero-order chi connectivity index (χ0) is 19.7. The summed E-state index contributed by atoms with van der Waals surface area (Å²) in [5, 5.41) is 9.80. The number of aromatic nitrogens is 2. The summed E-state index contributed by atoms with van der Waals surface area (Å²) in [5.41, 5.74) is 10.1. The van der Waals surface area contributed by atoms with Crippen molar-refractivity contribution in [3.05, 3.63) is 89.2 Å². The Morgan fingerprint density at radius 2 is 1.79 bits per heavy atom. The van der Waals surface area contributed by atoms with Crippen LogP contribution in [0, 0.1) is 11.6 Å². The predicted octanol–water partition coefficient (Wildman–Crippen LogP) is 4.63. The minimum Gasteiger partial charge on any atom is -0.375 e. The molecule has 1 unspecified atom stereocenters. The van der Waals surface area contributed by atoms with Gasteiger partial charge in [0.2, 0.25) is 0 Å². The molecule has 0 amide bonds. The third kappa shape index (κ3) is 3.55. The average molecular weight is 377 g/mol. The van der Waals surface area contributed by atoms with Crippen LogP contribution in [0.15, 0.2) is 60.7 Å². The number of halogens is 2. The summed E-state index contributed by atoms with van der Waals surface area (Å²) < 4.78 is 26.3. The van der Waals surface area contributed by atoms with Gasteiger partial charge < -0.3 is 15.8 Å². The number of nitrogens with zero attached hydrogens (tertiary/aromatic N) is 1. The van der Waals surface area contributed by atoms with Crippen molar-refractivity contribution in [2.24, 2.45) is 5.73 Å². The first kappa shape index (κ1) is 18.0. The first-order chi connectivity index (χ1) is 13.5. The lowest BCUT2D eigenvalue weighted by molar-refractivity contribution is 0.187. The van der Waals surface area contributed by atoms with E-state index < -0.39 is 17.9 Å². The lowest BCUT2D eigenvalue weighted by Crippen LogP contribution is -2.09. The van der Waals surface area contributed by atoms with E-state index in [0.717, 1.165) is 34.3 Å². The number of imidazole rings is 1. The van der Waals surface area contributed by atoms with E-state index in [1.165, 1.54) is 6.07 Å². The molecule has 0 saturated heterocycles. The van der Waals surface area contributed by atoms with Gasteiger partial charge in [-0.05, 0) is 47.0 Å². The van der Waals surface area contributed by atoms with Gasteiger partial charge in [0.05, 0.1) is 11.0 Å². The molecule has 1 aromatic heterocycles. The molecule has 4 nitrogen and oxygen atoms in total. The second-order valence-corrected chi connectivity index (χ2v) is 6.39. The van der Waals surface area contributed by atoms with E-state index in [0.29, 0.717) is 17.0 Å². The Morgan fingerprint density at radius 1 is 0.964 bits per heavy atom. The summed E-state index contributed by atoms with van der Waals surface area (Å²) in [5.74, 6) is -1.18. The zero-order valence-corrected chi connectivity index (χ0v) is 14.7.